The van der Waals surface area contributed by atoms with Gasteiger partial charge in [0.2, 0.25) is 0 Å². The van der Waals surface area contributed by atoms with Gasteiger partial charge in [0, 0.05) is 18.7 Å². The van der Waals surface area contributed by atoms with Crippen molar-refractivity contribution < 1.29 is 23.8 Å². The first-order valence-electron chi connectivity index (χ1n) is 9.81. The molecular weight excluding hydrogens is 428 g/mol. The molecule has 162 valence electrons. The van der Waals surface area contributed by atoms with Crippen LogP contribution < -0.4 is 5.11 Å². The van der Waals surface area contributed by atoms with Gasteiger partial charge in [-0.25, -0.2) is 4.99 Å². The fraction of sp³-hybridized carbons (Fsp3) is 0.125. The molecule has 7 nitrogen and oxygen atoms in total. The molecule has 0 aliphatic carbocycles. The van der Waals surface area contributed by atoms with Crippen LogP contribution in [0.3, 0.4) is 0 Å². The standard InChI is InChI=1S/C24H20N2O5S/c1-30-13-12-26-22(27)21(32-24(26)25-18-8-3-2-4-9-18)15-19-10-11-20(31-19)16-6-5-7-17(14-16)23(28)29/h2-11,14-15H,12-13H2,1H3,(H,28,29)/p-1/b21-15+,25-24?. The van der Waals surface area contributed by atoms with E-state index in [1.165, 1.54) is 23.9 Å². The lowest BCUT2D eigenvalue weighted by Gasteiger charge is -2.14. The Bertz CT molecular complexity index is 1200. The number of amidine groups is 1. The molecule has 1 amide bonds. The molecule has 0 saturated carbocycles. The van der Waals surface area contributed by atoms with E-state index < -0.39 is 5.97 Å². The van der Waals surface area contributed by atoms with Crippen LogP contribution in [0.15, 0.2) is 81.0 Å². The van der Waals surface area contributed by atoms with Crippen molar-refractivity contribution >= 4 is 40.6 Å². The normalized spacial score (nSPS) is 16.3. The summed E-state index contributed by atoms with van der Waals surface area (Å²) in [5, 5.41) is 11.7. The summed E-state index contributed by atoms with van der Waals surface area (Å²) in [5.41, 5.74) is 1.42. The summed E-state index contributed by atoms with van der Waals surface area (Å²) in [6, 6.07) is 19.2. The zero-order valence-electron chi connectivity index (χ0n) is 17.2. The van der Waals surface area contributed by atoms with Gasteiger partial charge in [-0.3, -0.25) is 9.69 Å². The third-order valence-electron chi connectivity index (χ3n) is 4.67. The number of thioether (sulfide) groups is 1. The van der Waals surface area contributed by atoms with Crippen LogP contribution >= 0.6 is 11.8 Å². The molecular formula is C24H19N2O5S-. The number of rotatable bonds is 7. The maximum atomic E-state index is 13.0. The Labute approximate surface area is 189 Å². The van der Waals surface area contributed by atoms with E-state index in [1.807, 2.05) is 30.3 Å². The zero-order chi connectivity index (χ0) is 22.5. The number of hydrogen-bond acceptors (Lipinski definition) is 7. The number of aromatic carboxylic acids is 1. The molecule has 0 spiro atoms. The predicted octanol–water partition coefficient (Wildman–Crippen LogP) is 3.56. The highest BCUT2D eigenvalue weighted by Crippen LogP contribution is 2.35. The number of carbonyl (C=O) groups excluding carboxylic acids is 2. The van der Waals surface area contributed by atoms with Gasteiger partial charge in [0.25, 0.3) is 5.91 Å². The Morgan fingerprint density at radius 3 is 2.72 bits per heavy atom. The predicted molar refractivity (Wildman–Crippen MR) is 121 cm³/mol. The van der Waals surface area contributed by atoms with Crippen molar-refractivity contribution in [2.75, 3.05) is 20.3 Å². The van der Waals surface area contributed by atoms with Crippen LogP contribution in [0.5, 0.6) is 0 Å². The number of benzene rings is 2. The number of methoxy groups -OCH3 is 1. The third-order valence-corrected chi connectivity index (χ3v) is 5.68. The highest BCUT2D eigenvalue weighted by atomic mass is 32.2. The molecule has 0 unspecified atom stereocenters. The minimum absolute atomic E-state index is 0.0656. The first-order valence-corrected chi connectivity index (χ1v) is 10.6. The van der Waals surface area contributed by atoms with E-state index in [4.69, 9.17) is 9.15 Å². The number of carboxylic acid groups (broad SMARTS) is 1. The van der Waals surface area contributed by atoms with Gasteiger partial charge in [-0.2, -0.15) is 0 Å². The minimum Gasteiger partial charge on any atom is -0.545 e. The summed E-state index contributed by atoms with van der Waals surface area (Å²) in [7, 11) is 1.58. The molecule has 0 radical (unpaired) electrons. The second-order valence-corrected chi connectivity index (χ2v) is 7.87. The Kier molecular flexibility index (Phi) is 6.53. The summed E-state index contributed by atoms with van der Waals surface area (Å²) in [6.45, 7) is 0.762. The van der Waals surface area contributed by atoms with Crippen LogP contribution in [0.4, 0.5) is 5.69 Å². The van der Waals surface area contributed by atoms with E-state index in [-0.39, 0.29) is 11.5 Å². The van der Waals surface area contributed by atoms with E-state index in [0.29, 0.717) is 40.3 Å². The zero-order valence-corrected chi connectivity index (χ0v) is 18.0. The number of carboxylic acids is 1. The van der Waals surface area contributed by atoms with E-state index in [1.54, 1.807) is 42.4 Å². The second-order valence-electron chi connectivity index (χ2n) is 6.86. The first-order chi connectivity index (χ1) is 15.5. The van der Waals surface area contributed by atoms with Gasteiger partial charge in [-0.15, -0.1) is 0 Å². The topological polar surface area (TPSA) is 95.2 Å². The summed E-state index contributed by atoms with van der Waals surface area (Å²) >= 11 is 1.26. The van der Waals surface area contributed by atoms with Gasteiger partial charge in [0.15, 0.2) is 5.17 Å². The second kappa shape index (κ2) is 9.67. The highest BCUT2D eigenvalue weighted by molar-refractivity contribution is 8.18. The molecule has 32 heavy (non-hydrogen) atoms. The average Bonchev–Trinajstić information content (AvgIpc) is 3.38. The molecule has 1 aliphatic heterocycles. The fourth-order valence-electron chi connectivity index (χ4n) is 3.10. The molecule has 1 fully saturated rings. The smallest absolute Gasteiger partial charge is 0.266 e. The lowest BCUT2D eigenvalue weighted by atomic mass is 10.1. The van der Waals surface area contributed by atoms with E-state index in [2.05, 4.69) is 4.99 Å². The third kappa shape index (κ3) is 4.82. The number of carbonyl (C=O) groups is 2. The first kappa shape index (κ1) is 21.6. The van der Waals surface area contributed by atoms with Crippen molar-refractivity contribution in [1.82, 2.24) is 4.90 Å². The number of aliphatic imine (C=N–C) groups is 1. The van der Waals surface area contributed by atoms with Crippen LogP contribution in [0.25, 0.3) is 17.4 Å². The summed E-state index contributed by atoms with van der Waals surface area (Å²) < 4.78 is 11.0. The maximum Gasteiger partial charge on any atom is 0.266 e. The van der Waals surface area contributed by atoms with Crippen molar-refractivity contribution in [3.8, 4) is 11.3 Å². The average molecular weight is 447 g/mol. The van der Waals surface area contributed by atoms with E-state index >= 15 is 0 Å². The molecule has 8 heteroatoms. The minimum atomic E-state index is -1.25. The van der Waals surface area contributed by atoms with Gasteiger partial charge in [-0.05, 0) is 47.7 Å². The van der Waals surface area contributed by atoms with Gasteiger partial charge in [0.1, 0.15) is 11.5 Å². The molecule has 2 heterocycles. The Balaban J connectivity index is 1.61. The molecule has 0 bridgehead atoms. The monoisotopic (exact) mass is 447 g/mol. The number of ether oxygens (including phenoxy) is 1. The van der Waals surface area contributed by atoms with Gasteiger partial charge >= 0.3 is 0 Å². The molecule has 0 N–H and O–H groups in total. The van der Waals surface area contributed by atoms with Crippen LogP contribution in [0, 0.1) is 0 Å². The van der Waals surface area contributed by atoms with Crippen molar-refractivity contribution in [3.05, 3.63) is 83.0 Å². The quantitative estimate of drug-likeness (QED) is 0.514. The summed E-state index contributed by atoms with van der Waals surface area (Å²) in [5.74, 6) is -0.471. The number of furan rings is 1. The van der Waals surface area contributed by atoms with Crippen LogP contribution in [-0.4, -0.2) is 42.2 Å². The van der Waals surface area contributed by atoms with Crippen molar-refractivity contribution in [1.29, 1.82) is 0 Å². The SMILES string of the molecule is COCCN1C(=O)/C(=C\c2ccc(-c3cccc(C(=O)[O-])c3)o2)SC1=Nc1ccccc1. The Hall–Kier alpha value is -3.62. The lowest BCUT2D eigenvalue weighted by molar-refractivity contribution is -0.255. The van der Waals surface area contributed by atoms with Crippen LogP contribution in [0.1, 0.15) is 16.1 Å². The van der Waals surface area contributed by atoms with Gasteiger partial charge in [0.05, 0.1) is 29.7 Å². The largest absolute Gasteiger partial charge is 0.545 e. The molecule has 0 atom stereocenters. The summed E-state index contributed by atoms with van der Waals surface area (Å²) in [6.07, 6.45) is 1.66. The molecule has 1 aliphatic rings. The Morgan fingerprint density at radius 1 is 1.16 bits per heavy atom. The van der Waals surface area contributed by atoms with Crippen molar-refractivity contribution in [3.63, 3.8) is 0 Å². The lowest BCUT2D eigenvalue weighted by Crippen LogP contribution is -2.32. The van der Waals surface area contributed by atoms with Crippen molar-refractivity contribution in [2.24, 2.45) is 4.99 Å². The Morgan fingerprint density at radius 2 is 1.97 bits per heavy atom. The number of para-hydroxylation sites is 1. The van der Waals surface area contributed by atoms with E-state index in [9.17, 15) is 14.7 Å². The molecule has 1 saturated heterocycles. The molecule has 2 aromatic carbocycles. The summed E-state index contributed by atoms with van der Waals surface area (Å²) in [4.78, 5) is 30.8. The number of hydrogen-bond donors (Lipinski definition) is 0. The van der Waals surface area contributed by atoms with Gasteiger partial charge in [-0.1, -0.05) is 36.4 Å². The number of nitrogens with zero attached hydrogens (tertiary/aromatic N) is 2. The fourth-order valence-corrected chi connectivity index (χ4v) is 4.10. The van der Waals surface area contributed by atoms with Crippen LogP contribution in [-0.2, 0) is 9.53 Å². The molecule has 3 aromatic rings. The maximum absolute atomic E-state index is 13.0. The van der Waals surface area contributed by atoms with Gasteiger partial charge < -0.3 is 19.1 Å². The molecule has 4 rings (SSSR count). The van der Waals surface area contributed by atoms with E-state index in [0.717, 1.165) is 5.69 Å². The van der Waals surface area contributed by atoms with Crippen LogP contribution in [0.2, 0.25) is 0 Å². The molecule has 1 aromatic heterocycles. The van der Waals surface area contributed by atoms with Crippen molar-refractivity contribution in [2.45, 2.75) is 0 Å². The highest BCUT2D eigenvalue weighted by Gasteiger charge is 2.33. The number of amides is 1.